The van der Waals surface area contributed by atoms with Crippen LogP contribution >= 0.6 is 0 Å². The molecule has 0 amide bonds. The molecular weight excluding hydrogens is 424 g/mol. The van der Waals surface area contributed by atoms with Gasteiger partial charge >= 0.3 is 0 Å². The predicted molar refractivity (Wildman–Crippen MR) is 134 cm³/mol. The maximum atomic E-state index is 4.87. The highest BCUT2D eigenvalue weighted by atomic mass is 15.1. The van der Waals surface area contributed by atoms with Crippen molar-refractivity contribution in [2.45, 2.75) is 19.9 Å². The van der Waals surface area contributed by atoms with Crippen LogP contribution in [0.2, 0.25) is 0 Å². The monoisotopic (exact) mass is 446 g/mol. The lowest BCUT2D eigenvalue weighted by molar-refractivity contribution is 0.898. The lowest BCUT2D eigenvalue weighted by atomic mass is 10.0. The van der Waals surface area contributed by atoms with Crippen LogP contribution in [0.3, 0.4) is 0 Å². The number of hydrogen-bond donors (Lipinski definition) is 3. The van der Waals surface area contributed by atoms with E-state index in [4.69, 9.17) is 4.98 Å². The molecule has 0 saturated heterocycles. The fraction of sp³-hybridized carbons (Fsp3) is 0.115. The van der Waals surface area contributed by atoms with Gasteiger partial charge in [-0.2, -0.15) is 5.10 Å². The summed E-state index contributed by atoms with van der Waals surface area (Å²) in [6, 6.07) is 16.3. The average Bonchev–Trinajstić information content (AvgIpc) is 3.48. The van der Waals surface area contributed by atoms with Crippen LogP contribution in [-0.4, -0.2) is 41.2 Å². The van der Waals surface area contributed by atoms with Crippen molar-refractivity contribution in [1.29, 1.82) is 0 Å². The number of hydrogen-bond acceptors (Lipinski definition) is 6. The normalized spacial score (nSPS) is 11.5. The van der Waals surface area contributed by atoms with Crippen LogP contribution < -0.4 is 5.32 Å². The first-order valence-corrected chi connectivity index (χ1v) is 11.1. The predicted octanol–water partition coefficient (Wildman–Crippen LogP) is 5.45. The molecule has 0 fully saturated rings. The second-order valence-corrected chi connectivity index (χ2v) is 8.45. The van der Waals surface area contributed by atoms with Crippen molar-refractivity contribution in [2.24, 2.45) is 0 Å². The summed E-state index contributed by atoms with van der Waals surface area (Å²) in [6.07, 6.45) is 7.23. The van der Waals surface area contributed by atoms with Crippen LogP contribution in [0.15, 0.2) is 73.3 Å². The molecule has 34 heavy (non-hydrogen) atoms. The van der Waals surface area contributed by atoms with Gasteiger partial charge < -0.3 is 10.3 Å². The van der Waals surface area contributed by atoms with Gasteiger partial charge in [0, 0.05) is 41.8 Å². The standard InChI is InChI=1S/C26H22N8/c1-15(2)30-18-11-17(13-27-14-18)16-6-7-20-19(12-16)23(34-33-20)26-31-22-8-10-29-24(25(22)32-26)21-5-3-4-9-28-21/h3-15,30H,1-2H3,(H,31,32)(H,33,34). The van der Waals surface area contributed by atoms with E-state index in [-0.39, 0.29) is 0 Å². The van der Waals surface area contributed by atoms with Gasteiger partial charge in [-0.05, 0) is 55.8 Å². The van der Waals surface area contributed by atoms with Crippen LogP contribution in [0.4, 0.5) is 5.69 Å². The van der Waals surface area contributed by atoms with Crippen molar-refractivity contribution in [3.8, 4) is 34.0 Å². The highest BCUT2D eigenvalue weighted by molar-refractivity contribution is 5.97. The molecule has 0 bridgehead atoms. The number of anilines is 1. The van der Waals surface area contributed by atoms with Crippen molar-refractivity contribution in [3.05, 3.63) is 73.3 Å². The van der Waals surface area contributed by atoms with Crippen LogP contribution in [-0.2, 0) is 0 Å². The molecule has 0 unspecified atom stereocenters. The third-order valence-electron chi connectivity index (χ3n) is 5.62. The minimum atomic E-state index is 0.332. The molecule has 0 aliphatic heterocycles. The second-order valence-electron chi connectivity index (χ2n) is 8.45. The number of benzene rings is 1. The van der Waals surface area contributed by atoms with Crippen LogP contribution in [0.25, 0.3) is 56.0 Å². The fourth-order valence-corrected chi connectivity index (χ4v) is 4.12. The summed E-state index contributed by atoms with van der Waals surface area (Å²) in [4.78, 5) is 21.7. The lowest BCUT2D eigenvalue weighted by Gasteiger charge is -2.11. The average molecular weight is 447 g/mol. The molecule has 3 N–H and O–H groups in total. The Bertz CT molecular complexity index is 1610. The Morgan fingerprint density at radius 2 is 1.79 bits per heavy atom. The molecule has 6 aromatic rings. The summed E-state index contributed by atoms with van der Waals surface area (Å²) in [5.41, 5.74) is 7.94. The molecule has 6 rings (SSSR count). The summed E-state index contributed by atoms with van der Waals surface area (Å²) < 4.78 is 0. The Morgan fingerprint density at radius 3 is 2.65 bits per heavy atom. The van der Waals surface area contributed by atoms with E-state index in [9.17, 15) is 0 Å². The zero-order chi connectivity index (χ0) is 23.1. The summed E-state index contributed by atoms with van der Waals surface area (Å²) >= 11 is 0. The minimum absolute atomic E-state index is 0.332. The molecule has 0 aliphatic rings. The van der Waals surface area contributed by atoms with E-state index in [1.807, 2.05) is 42.7 Å². The molecule has 0 radical (unpaired) electrons. The molecule has 0 spiro atoms. The lowest BCUT2D eigenvalue weighted by Crippen LogP contribution is -2.09. The number of imidazole rings is 1. The molecule has 0 saturated carbocycles. The third kappa shape index (κ3) is 3.55. The van der Waals surface area contributed by atoms with Gasteiger partial charge in [-0.1, -0.05) is 12.1 Å². The summed E-state index contributed by atoms with van der Waals surface area (Å²) in [5.74, 6) is 0.678. The second kappa shape index (κ2) is 8.08. The number of pyridine rings is 3. The van der Waals surface area contributed by atoms with Gasteiger partial charge in [-0.25, -0.2) is 4.98 Å². The summed E-state index contributed by atoms with van der Waals surface area (Å²) in [6.45, 7) is 4.22. The molecule has 0 atom stereocenters. The zero-order valence-corrected chi connectivity index (χ0v) is 18.7. The van der Waals surface area contributed by atoms with E-state index in [0.717, 1.165) is 55.8 Å². The topological polar surface area (TPSA) is 108 Å². The molecule has 5 aromatic heterocycles. The molecule has 5 heterocycles. The number of fused-ring (bicyclic) bond motifs is 2. The first kappa shape index (κ1) is 20.0. The molecule has 1 aromatic carbocycles. The molecule has 166 valence electrons. The number of rotatable bonds is 5. The minimum Gasteiger partial charge on any atom is -0.382 e. The maximum Gasteiger partial charge on any atom is 0.159 e. The zero-order valence-electron chi connectivity index (χ0n) is 18.7. The Hall–Kier alpha value is -4.59. The SMILES string of the molecule is CC(C)Nc1cncc(-c2ccc3[nH]nc(-c4nc5c(-c6ccccn6)nccc5[nH]4)c3c2)c1. The first-order valence-electron chi connectivity index (χ1n) is 11.1. The highest BCUT2D eigenvalue weighted by Gasteiger charge is 2.17. The van der Waals surface area contributed by atoms with E-state index in [1.54, 1.807) is 12.4 Å². The number of aromatic amines is 2. The first-order chi connectivity index (χ1) is 16.7. The fourth-order valence-electron chi connectivity index (χ4n) is 4.12. The highest BCUT2D eigenvalue weighted by Crippen LogP contribution is 2.32. The smallest absolute Gasteiger partial charge is 0.159 e. The quantitative estimate of drug-likeness (QED) is 0.325. The Kier molecular flexibility index (Phi) is 4.76. The van der Waals surface area contributed by atoms with E-state index >= 15 is 0 Å². The summed E-state index contributed by atoms with van der Waals surface area (Å²) in [5, 5.41) is 12.1. The molecular formula is C26H22N8. The van der Waals surface area contributed by atoms with Gasteiger partial charge in [0.2, 0.25) is 0 Å². The largest absolute Gasteiger partial charge is 0.382 e. The van der Waals surface area contributed by atoms with Gasteiger partial charge in [0.05, 0.1) is 22.4 Å². The summed E-state index contributed by atoms with van der Waals surface area (Å²) in [7, 11) is 0. The van der Waals surface area contributed by atoms with Crippen LogP contribution in [0, 0.1) is 0 Å². The van der Waals surface area contributed by atoms with Crippen molar-refractivity contribution >= 4 is 27.6 Å². The maximum absolute atomic E-state index is 4.87. The van der Waals surface area contributed by atoms with Crippen LogP contribution in [0.1, 0.15) is 13.8 Å². The van der Waals surface area contributed by atoms with Crippen LogP contribution in [0.5, 0.6) is 0 Å². The number of nitrogens with one attached hydrogen (secondary N) is 3. The van der Waals surface area contributed by atoms with Gasteiger partial charge in [0.25, 0.3) is 0 Å². The van der Waals surface area contributed by atoms with Crippen molar-refractivity contribution in [3.63, 3.8) is 0 Å². The van der Waals surface area contributed by atoms with E-state index in [1.165, 1.54) is 0 Å². The van der Waals surface area contributed by atoms with Crippen molar-refractivity contribution in [2.75, 3.05) is 5.32 Å². The van der Waals surface area contributed by atoms with Crippen molar-refractivity contribution in [1.82, 2.24) is 35.1 Å². The van der Waals surface area contributed by atoms with Gasteiger partial charge in [0.1, 0.15) is 16.9 Å². The van der Waals surface area contributed by atoms with E-state index in [2.05, 4.69) is 67.5 Å². The third-order valence-corrected chi connectivity index (χ3v) is 5.62. The van der Waals surface area contributed by atoms with Gasteiger partial charge in [-0.15, -0.1) is 0 Å². The Labute approximate surface area is 195 Å². The molecule has 8 nitrogen and oxygen atoms in total. The molecule has 0 aliphatic carbocycles. The van der Waals surface area contributed by atoms with Gasteiger partial charge in [0.15, 0.2) is 5.82 Å². The van der Waals surface area contributed by atoms with Gasteiger partial charge in [-0.3, -0.25) is 20.1 Å². The number of nitrogens with zero attached hydrogens (tertiary/aromatic N) is 5. The number of H-pyrrole nitrogens is 2. The number of aromatic nitrogens is 7. The Balaban J connectivity index is 1.45. The molecule has 8 heteroatoms. The van der Waals surface area contributed by atoms with E-state index < -0.39 is 0 Å². The van der Waals surface area contributed by atoms with E-state index in [0.29, 0.717) is 11.9 Å². The van der Waals surface area contributed by atoms with Crippen molar-refractivity contribution < 1.29 is 0 Å². The Morgan fingerprint density at radius 1 is 0.853 bits per heavy atom.